The molecule has 0 spiro atoms. The summed E-state index contributed by atoms with van der Waals surface area (Å²) < 4.78 is 0. The molecule has 1 aliphatic heterocycles. The lowest BCUT2D eigenvalue weighted by atomic mass is 9.90. The van der Waals surface area contributed by atoms with Crippen molar-refractivity contribution in [2.24, 2.45) is 17.8 Å². The first-order chi connectivity index (χ1) is 10.1. The maximum atomic E-state index is 11.9. The van der Waals surface area contributed by atoms with Crippen LogP contribution in [0.4, 0.5) is 0 Å². The predicted molar refractivity (Wildman–Crippen MR) is 85.0 cm³/mol. The normalized spacial score (nSPS) is 28.2. The molecule has 1 amide bonds. The van der Waals surface area contributed by atoms with E-state index in [-0.39, 0.29) is 24.5 Å². The average Bonchev–Trinajstić information content (AvgIpc) is 2.91. The fourth-order valence-electron chi connectivity index (χ4n) is 3.87. The molecule has 2 atom stereocenters. The number of likely N-dealkylation sites (tertiary alicyclic amines) is 1. The van der Waals surface area contributed by atoms with Crippen molar-refractivity contribution >= 4 is 5.91 Å². The minimum absolute atomic E-state index is 0.0477. The fraction of sp³-hybridized carbons (Fsp3) is 0.941. The van der Waals surface area contributed by atoms with Crippen LogP contribution in [0.25, 0.3) is 0 Å². The van der Waals surface area contributed by atoms with E-state index in [4.69, 9.17) is 0 Å². The largest absolute Gasteiger partial charge is 0.396 e. The number of carbonyl (C=O) groups is 1. The molecule has 4 heteroatoms. The van der Waals surface area contributed by atoms with Gasteiger partial charge in [-0.1, -0.05) is 26.7 Å². The Bertz CT molecular complexity index is 327. The average molecular weight is 296 g/mol. The van der Waals surface area contributed by atoms with Gasteiger partial charge < -0.3 is 15.3 Å². The molecule has 2 aliphatic rings. The summed E-state index contributed by atoms with van der Waals surface area (Å²) >= 11 is 0. The number of nitrogens with zero attached hydrogens (tertiary/aromatic N) is 1. The fourth-order valence-corrected chi connectivity index (χ4v) is 3.87. The second-order valence-corrected chi connectivity index (χ2v) is 7.34. The Morgan fingerprint density at radius 2 is 1.95 bits per heavy atom. The third-order valence-corrected chi connectivity index (χ3v) is 5.01. The molecule has 122 valence electrons. The van der Waals surface area contributed by atoms with Crippen LogP contribution in [0.3, 0.4) is 0 Å². The van der Waals surface area contributed by atoms with Gasteiger partial charge in [-0.25, -0.2) is 0 Å². The molecule has 1 heterocycles. The van der Waals surface area contributed by atoms with Gasteiger partial charge in [0.15, 0.2) is 0 Å². The van der Waals surface area contributed by atoms with E-state index >= 15 is 0 Å². The summed E-state index contributed by atoms with van der Waals surface area (Å²) in [6.45, 7) is 7.39. The van der Waals surface area contributed by atoms with Crippen LogP contribution < -0.4 is 5.32 Å². The Kier molecular flexibility index (Phi) is 6.49. The molecule has 2 rings (SSSR count). The molecule has 0 aromatic rings. The van der Waals surface area contributed by atoms with Gasteiger partial charge in [-0.3, -0.25) is 4.79 Å². The molecule has 0 radical (unpaired) electrons. The van der Waals surface area contributed by atoms with Gasteiger partial charge in [0.25, 0.3) is 0 Å². The van der Waals surface area contributed by atoms with E-state index in [1.54, 1.807) is 0 Å². The van der Waals surface area contributed by atoms with Crippen LogP contribution in [0, 0.1) is 17.8 Å². The molecule has 0 bridgehead atoms. The lowest BCUT2D eigenvalue weighted by molar-refractivity contribution is -0.125. The SMILES string of the molecule is CC(C)C(=O)NC1CC(CCO)CN(CC2CCCC2)C1. The van der Waals surface area contributed by atoms with Crippen molar-refractivity contribution in [1.82, 2.24) is 10.2 Å². The van der Waals surface area contributed by atoms with Crippen LogP contribution in [-0.4, -0.2) is 48.2 Å². The number of nitrogens with one attached hydrogen (secondary N) is 1. The monoisotopic (exact) mass is 296 g/mol. The van der Waals surface area contributed by atoms with Crippen molar-refractivity contribution < 1.29 is 9.90 Å². The number of rotatable bonds is 6. The Morgan fingerprint density at radius 3 is 2.57 bits per heavy atom. The van der Waals surface area contributed by atoms with Crippen molar-refractivity contribution in [2.45, 2.75) is 58.4 Å². The van der Waals surface area contributed by atoms with Gasteiger partial charge in [-0.2, -0.15) is 0 Å². The number of carbonyl (C=O) groups excluding carboxylic acids is 1. The zero-order chi connectivity index (χ0) is 15.2. The predicted octanol–water partition coefficient (Wildman–Crippen LogP) is 2.02. The number of aliphatic hydroxyl groups is 1. The number of hydrogen-bond donors (Lipinski definition) is 2. The lowest BCUT2D eigenvalue weighted by Gasteiger charge is -2.39. The van der Waals surface area contributed by atoms with Gasteiger partial charge >= 0.3 is 0 Å². The van der Waals surface area contributed by atoms with Crippen molar-refractivity contribution in [3.8, 4) is 0 Å². The molecular formula is C17H32N2O2. The summed E-state index contributed by atoms with van der Waals surface area (Å²) in [5, 5.41) is 12.4. The maximum absolute atomic E-state index is 11.9. The van der Waals surface area contributed by atoms with E-state index in [2.05, 4.69) is 10.2 Å². The molecule has 0 aromatic carbocycles. The Hall–Kier alpha value is -0.610. The van der Waals surface area contributed by atoms with Gasteiger partial charge in [-0.05, 0) is 37.5 Å². The van der Waals surface area contributed by atoms with Crippen molar-refractivity contribution in [2.75, 3.05) is 26.2 Å². The molecule has 2 N–H and O–H groups in total. The summed E-state index contributed by atoms with van der Waals surface area (Å²) in [5.41, 5.74) is 0. The van der Waals surface area contributed by atoms with Gasteiger partial charge in [0.1, 0.15) is 0 Å². The van der Waals surface area contributed by atoms with Crippen molar-refractivity contribution in [3.63, 3.8) is 0 Å². The summed E-state index contributed by atoms with van der Waals surface area (Å²) in [4.78, 5) is 14.5. The zero-order valence-corrected chi connectivity index (χ0v) is 13.7. The van der Waals surface area contributed by atoms with E-state index in [9.17, 15) is 9.90 Å². The van der Waals surface area contributed by atoms with E-state index in [1.165, 1.54) is 32.2 Å². The number of amides is 1. The Balaban J connectivity index is 1.88. The highest BCUT2D eigenvalue weighted by Gasteiger charge is 2.30. The quantitative estimate of drug-likeness (QED) is 0.788. The molecule has 21 heavy (non-hydrogen) atoms. The molecule has 2 fully saturated rings. The standard InChI is InChI=1S/C17H32N2O2/c1-13(2)17(21)18-16-9-15(7-8-20)11-19(12-16)10-14-5-3-4-6-14/h13-16,20H,3-12H2,1-2H3,(H,18,21). The molecule has 4 nitrogen and oxygen atoms in total. The van der Waals surface area contributed by atoms with Crippen LogP contribution in [0.2, 0.25) is 0 Å². The lowest BCUT2D eigenvalue weighted by Crippen LogP contribution is -2.52. The van der Waals surface area contributed by atoms with Crippen LogP contribution in [-0.2, 0) is 4.79 Å². The maximum Gasteiger partial charge on any atom is 0.222 e. The Morgan fingerprint density at radius 1 is 1.24 bits per heavy atom. The summed E-state index contributed by atoms with van der Waals surface area (Å²) in [7, 11) is 0. The summed E-state index contributed by atoms with van der Waals surface area (Å²) in [6, 6.07) is 0.256. The highest BCUT2D eigenvalue weighted by Crippen LogP contribution is 2.28. The van der Waals surface area contributed by atoms with Gasteiger partial charge in [0.05, 0.1) is 0 Å². The van der Waals surface area contributed by atoms with E-state index in [0.29, 0.717) is 5.92 Å². The minimum atomic E-state index is 0.0477. The molecule has 1 aliphatic carbocycles. The highest BCUT2D eigenvalue weighted by molar-refractivity contribution is 5.78. The van der Waals surface area contributed by atoms with Crippen LogP contribution >= 0.6 is 0 Å². The van der Waals surface area contributed by atoms with Gasteiger partial charge in [0.2, 0.25) is 5.91 Å². The number of hydrogen-bond acceptors (Lipinski definition) is 3. The van der Waals surface area contributed by atoms with E-state index < -0.39 is 0 Å². The van der Waals surface area contributed by atoms with E-state index in [1.807, 2.05) is 13.8 Å². The number of piperidine rings is 1. The third-order valence-electron chi connectivity index (χ3n) is 5.01. The molecule has 1 saturated carbocycles. The second kappa shape index (κ2) is 8.14. The number of aliphatic hydroxyl groups excluding tert-OH is 1. The smallest absolute Gasteiger partial charge is 0.222 e. The van der Waals surface area contributed by atoms with Crippen LogP contribution in [0.15, 0.2) is 0 Å². The van der Waals surface area contributed by atoms with E-state index in [0.717, 1.165) is 31.8 Å². The first kappa shape index (κ1) is 16.8. The van der Waals surface area contributed by atoms with Crippen molar-refractivity contribution in [3.05, 3.63) is 0 Å². The molecular weight excluding hydrogens is 264 g/mol. The minimum Gasteiger partial charge on any atom is -0.396 e. The molecule has 0 aromatic heterocycles. The Labute approximate surface area is 129 Å². The van der Waals surface area contributed by atoms with Crippen LogP contribution in [0.5, 0.6) is 0 Å². The molecule has 1 saturated heterocycles. The van der Waals surface area contributed by atoms with Crippen LogP contribution in [0.1, 0.15) is 52.4 Å². The summed E-state index contributed by atoms with van der Waals surface area (Å²) in [6.07, 6.45) is 7.36. The summed E-state index contributed by atoms with van der Waals surface area (Å²) in [5.74, 6) is 1.57. The highest BCUT2D eigenvalue weighted by atomic mass is 16.3. The topological polar surface area (TPSA) is 52.6 Å². The third kappa shape index (κ3) is 5.26. The molecule has 2 unspecified atom stereocenters. The van der Waals surface area contributed by atoms with Gasteiger partial charge in [0, 0.05) is 38.2 Å². The zero-order valence-electron chi connectivity index (χ0n) is 13.7. The van der Waals surface area contributed by atoms with Gasteiger partial charge in [-0.15, -0.1) is 0 Å². The first-order valence-electron chi connectivity index (χ1n) is 8.72. The first-order valence-corrected chi connectivity index (χ1v) is 8.72. The van der Waals surface area contributed by atoms with Crippen molar-refractivity contribution in [1.29, 1.82) is 0 Å². The second-order valence-electron chi connectivity index (χ2n) is 7.34.